The van der Waals surface area contributed by atoms with Gasteiger partial charge in [-0.05, 0) is 37.3 Å². The highest BCUT2D eigenvalue weighted by Crippen LogP contribution is 2.39. The summed E-state index contributed by atoms with van der Waals surface area (Å²) in [6, 6.07) is 1.80. The number of rotatable bonds is 3. The van der Waals surface area contributed by atoms with Crippen molar-refractivity contribution in [3.8, 4) is 0 Å². The van der Waals surface area contributed by atoms with E-state index in [4.69, 9.17) is 16.2 Å². The Balaban J connectivity index is 1.81. The Labute approximate surface area is 125 Å². The summed E-state index contributed by atoms with van der Waals surface area (Å²) in [7, 11) is 1.77. The fourth-order valence-corrected chi connectivity index (χ4v) is 3.39. The molecule has 2 heterocycles. The van der Waals surface area contributed by atoms with E-state index in [0.717, 1.165) is 30.5 Å². The molecule has 3 atom stereocenters. The van der Waals surface area contributed by atoms with Crippen molar-refractivity contribution in [3.05, 3.63) is 36.3 Å². The molecule has 4 N–H and O–H groups in total. The highest BCUT2D eigenvalue weighted by molar-refractivity contribution is 6.05. The van der Waals surface area contributed by atoms with Crippen LogP contribution in [0.3, 0.4) is 0 Å². The van der Waals surface area contributed by atoms with Gasteiger partial charge in [-0.2, -0.15) is 0 Å². The van der Waals surface area contributed by atoms with E-state index in [0.29, 0.717) is 24.1 Å². The predicted molar refractivity (Wildman–Crippen MR) is 84.0 cm³/mol. The Morgan fingerprint density at radius 2 is 2.24 bits per heavy atom. The van der Waals surface area contributed by atoms with Crippen molar-refractivity contribution >= 4 is 11.4 Å². The number of methoxy groups -OCH3 is 1. The summed E-state index contributed by atoms with van der Waals surface area (Å²) in [6.07, 6.45) is 11.5. The normalized spacial score (nSPS) is 32.2. The lowest BCUT2D eigenvalue weighted by atomic mass is 9.77. The maximum Gasteiger partial charge on any atom is 0.0575 e. The summed E-state index contributed by atoms with van der Waals surface area (Å²) in [5, 5.41) is 0. The molecular weight excluding hydrogens is 264 g/mol. The topological polar surface area (TPSA) is 86.5 Å². The molecule has 1 unspecified atom stereocenters. The van der Waals surface area contributed by atoms with Crippen LogP contribution in [-0.4, -0.2) is 29.4 Å². The summed E-state index contributed by atoms with van der Waals surface area (Å²) in [5.41, 5.74) is 14.8. The first-order valence-corrected chi connectivity index (χ1v) is 7.38. The second-order valence-electron chi connectivity index (χ2n) is 6.01. The first kappa shape index (κ1) is 14.2. The highest BCUT2D eigenvalue weighted by Gasteiger charge is 2.40. The lowest BCUT2D eigenvalue weighted by molar-refractivity contribution is 0.102. The standard InChI is InChI=1S/C16H22N4O/c1-21-12-3-2-11(8-12)16(18)5-7-20-15(9-16)13-10-19-6-4-14(13)17/h4-7,10-12H,2-3,8-9,18H2,1H3,(H2,17,19)/t11-,12-,16?/m0/s1. The third kappa shape index (κ3) is 2.71. The van der Waals surface area contributed by atoms with Crippen LogP contribution in [0.4, 0.5) is 5.69 Å². The molecule has 0 saturated heterocycles. The van der Waals surface area contributed by atoms with Gasteiger partial charge in [0.05, 0.1) is 11.8 Å². The first-order chi connectivity index (χ1) is 10.1. The van der Waals surface area contributed by atoms with Gasteiger partial charge in [0, 0.05) is 48.9 Å². The molecule has 1 aromatic rings. The second-order valence-corrected chi connectivity index (χ2v) is 6.01. The molecule has 21 heavy (non-hydrogen) atoms. The second kappa shape index (κ2) is 5.58. The zero-order valence-electron chi connectivity index (χ0n) is 12.3. The van der Waals surface area contributed by atoms with Gasteiger partial charge < -0.3 is 16.2 Å². The van der Waals surface area contributed by atoms with Gasteiger partial charge in [0.1, 0.15) is 0 Å². The Hall–Kier alpha value is -1.72. The maximum atomic E-state index is 6.67. The van der Waals surface area contributed by atoms with Gasteiger partial charge in [-0.1, -0.05) is 0 Å². The SMILES string of the molecule is CO[C@H]1CC[C@H](C2(N)C=CN=C(c3cnccc3N)C2)C1. The molecular formula is C16H22N4O. The Morgan fingerprint density at radius 3 is 2.95 bits per heavy atom. The molecule has 1 aromatic heterocycles. The minimum Gasteiger partial charge on any atom is -0.398 e. The number of aromatic nitrogens is 1. The Kier molecular flexibility index (Phi) is 3.78. The van der Waals surface area contributed by atoms with Crippen LogP contribution in [0.1, 0.15) is 31.2 Å². The van der Waals surface area contributed by atoms with Crippen LogP contribution >= 0.6 is 0 Å². The van der Waals surface area contributed by atoms with E-state index >= 15 is 0 Å². The fourth-order valence-electron chi connectivity index (χ4n) is 3.39. The van der Waals surface area contributed by atoms with Crippen molar-refractivity contribution in [2.24, 2.45) is 16.6 Å². The fraction of sp³-hybridized carbons (Fsp3) is 0.500. The molecule has 5 heteroatoms. The minimum atomic E-state index is -0.368. The molecule has 3 rings (SSSR count). The molecule has 5 nitrogen and oxygen atoms in total. The summed E-state index contributed by atoms with van der Waals surface area (Å²) in [5.74, 6) is 0.419. The number of nitrogen functional groups attached to an aromatic ring is 1. The molecule has 1 fully saturated rings. The van der Waals surface area contributed by atoms with Crippen LogP contribution in [0.5, 0.6) is 0 Å². The lowest BCUT2D eigenvalue weighted by Crippen LogP contribution is -2.47. The van der Waals surface area contributed by atoms with E-state index in [-0.39, 0.29) is 5.54 Å². The maximum absolute atomic E-state index is 6.67. The average Bonchev–Trinajstić information content (AvgIpc) is 2.97. The number of aliphatic imine (C=N–C) groups is 1. The Morgan fingerprint density at radius 1 is 1.38 bits per heavy atom. The van der Waals surface area contributed by atoms with Gasteiger partial charge in [0.2, 0.25) is 0 Å². The predicted octanol–water partition coefficient (Wildman–Crippen LogP) is 1.88. The molecule has 0 spiro atoms. The summed E-state index contributed by atoms with van der Waals surface area (Å²) in [4.78, 5) is 8.62. The minimum absolute atomic E-state index is 0.328. The third-order valence-corrected chi connectivity index (χ3v) is 4.73. The molecule has 112 valence electrons. The van der Waals surface area contributed by atoms with Crippen LogP contribution in [0.2, 0.25) is 0 Å². The van der Waals surface area contributed by atoms with Crippen molar-refractivity contribution in [2.75, 3.05) is 12.8 Å². The van der Waals surface area contributed by atoms with E-state index in [1.54, 1.807) is 25.6 Å². The van der Waals surface area contributed by atoms with E-state index in [1.165, 1.54) is 0 Å². The first-order valence-electron chi connectivity index (χ1n) is 7.38. The van der Waals surface area contributed by atoms with Gasteiger partial charge in [0.25, 0.3) is 0 Å². The number of nitrogens with zero attached hydrogens (tertiary/aromatic N) is 2. The van der Waals surface area contributed by atoms with Gasteiger partial charge in [0.15, 0.2) is 0 Å². The zero-order chi connectivity index (χ0) is 14.9. The summed E-state index contributed by atoms with van der Waals surface area (Å²) in [6.45, 7) is 0. The highest BCUT2D eigenvalue weighted by atomic mass is 16.5. The number of hydrogen-bond acceptors (Lipinski definition) is 5. The molecule has 2 aliphatic rings. The smallest absolute Gasteiger partial charge is 0.0575 e. The monoisotopic (exact) mass is 286 g/mol. The van der Waals surface area contributed by atoms with E-state index in [9.17, 15) is 0 Å². The van der Waals surface area contributed by atoms with Crippen LogP contribution in [-0.2, 0) is 4.74 Å². The third-order valence-electron chi connectivity index (χ3n) is 4.73. The van der Waals surface area contributed by atoms with E-state index < -0.39 is 0 Å². The number of pyridine rings is 1. The molecule has 0 aromatic carbocycles. The van der Waals surface area contributed by atoms with Crippen molar-refractivity contribution in [3.63, 3.8) is 0 Å². The van der Waals surface area contributed by atoms with E-state index in [1.807, 2.05) is 12.3 Å². The molecule has 1 saturated carbocycles. The van der Waals surface area contributed by atoms with Gasteiger partial charge in [-0.3, -0.25) is 9.98 Å². The van der Waals surface area contributed by atoms with Crippen molar-refractivity contribution in [1.82, 2.24) is 4.98 Å². The zero-order valence-corrected chi connectivity index (χ0v) is 12.3. The summed E-state index contributed by atoms with van der Waals surface area (Å²) < 4.78 is 5.47. The number of anilines is 1. The van der Waals surface area contributed by atoms with Crippen LogP contribution in [0.25, 0.3) is 0 Å². The molecule has 0 radical (unpaired) electrons. The van der Waals surface area contributed by atoms with E-state index in [2.05, 4.69) is 9.98 Å². The lowest BCUT2D eigenvalue weighted by Gasteiger charge is -2.35. The van der Waals surface area contributed by atoms with Crippen LogP contribution in [0.15, 0.2) is 35.7 Å². The molecule has 0 bridgehead atoms. The van der Waals surface area contributed by atoms with Crippen LogP contribution < -0.4 is 11.5 Å². The average molecular weight is 286 g/mol. The molecule has 1 aliphatic carbocycles. The molecule has 1 aliphatic heterocycles. The van der Waals surface area contributed by atoms with Crippen molar-refractivity contribution in [2.45, 2.75) is 37.3 Å². The Bertz CT molecular complexity index is 583. The van der Waals surface area contributed by atoms with Crippen molar-refractivity contribution < 1.29 is 4.74 Å². The quantitative estimate of drug-likeness (QED) is 0.888. The largest absolute Gasteiger partial charge is 0.398 e. The number of ether oxygens (including phenoxy) is 1. The van der Waals surface area contributed by atoms with Gasteiger partial charge >= 0.3 is 0 Å². The van der Waals surface area contributed by atoms with Gasteiger partial charge in [-0.25, -0.2) is 0 Å². The van der Waals surface area contributed by atoms with Crippen LogP contribution in [0, 0.1) is 5.92 Å². The number of nitrogens with two attached hydrogens (primary N) is 2. The summed E-state index contributed by atoms with van der Waals surface area (Å²) >= 11 is 0. The number of hydrogen-bond donors (Lipinski definition) is 2. The van der Waals surface area contributed by atoms with Crippen molar-refractivity contribution in [1.29, 1.82) is 0 Å². The molecule has 0 amide bonds. The van der Waals surface area contributed by atoms with Gasteiger partial charge in [-0.15, -0.1) is 0 Å².